The Morgan fingerprint density at radius 2 is 2.00 bits per heavy atom. The zero-order valence-electron chi connectivity index (χ0n) is 10.7. The van der Waals surface area contributed by atoms with E-state index in [1.807, 2.05) is 0 Å². The summed E-state index contributed by atoms with van der Waals surface area (Å²) in [6, 6.07) is 6.74. The lowest BCUT2D eigenvalue weighted by atomic mass is 10.2. The fourth-order valence-electron chi connectivity index (χ4n) is 1.88. The highest BCUT2D eigenvalue weighted by atomic mass is 79.9. The van der Waals surface area contributed by atoms with Crippen molar-refractivity contribution in [3.8, 4) is 11.5 Å². The molecule has 0 radical (unpaired) electrons. The molecular formula is C14H10BrClN2O3. The molecule has 2 heterocycles. The van der Waals surface area contributed by atoms with Crippen molar-refractivity contribution in [3.63, 3.8) is 0 Å². The molecule has 0 saturated heterocycles. The Bertz CT molecular complexity index is 709. The topological polar surface area (TPSA) is 60.5 Å². The van der Waals surface area contributed by atoms with Gasteiger partial charge >= 0.3 is 0 Å². The molecule has 0 unspecified atom stereocenters. The maximum absolute atomic E-state index is 12.2. The van der Waals surface area contributed by atoms with Gasteiger partial charge in [0, 0.05) is 5.56 Å². The van der Waals surface area contributed by atoms with E-state index in [1.165, 1.54) is 6.20 Å². The number of halogens is 2. The molecule has 5 nitrogen and oxygen atoms in total. The first-order chi connectivity index (χ1) is 10.1. The molecule has 0 atom stereocenters. The summed E-state index contributed by atoms with van der Waals surface area (Å²) in [6.07, 6.45) is 1.49. The quantitative estimate of drug-likeness (QED) is 0.823. The first kappa shape index (κ1) is 14.2. The van der Waals surface area contributed by atoms with Gasteiger partial charge in [-0.2, -0.15) is 0 Å². The molecule has 1 aliphatic heterocycles. The second-order valence-electron chi connectivity index (χ2n) is 4.31. The lowest BCUT2D eigenvalue weighted by molar-refractivity contribution is 0.102. The van der Waals surface area contributed by atoms with Crippen LogP contribution in [0, 0.1) is 0 Å². The van der Waals surface area contributed by atoms with E-state index in [0.29, 0.717) is 45.6 Å². The van der Waals surface area contributed by atoms with Crippen LogP contribution in [0.3, 0.4) is 0 Å². The third kappa shape index (κ3) is 3.11. The minimum absolute atomic E-state index is 0.261. The normalized spacial score (nSPS) is 12.9. The molecule has 1 amide bonds. The fraction of sp³-hybridized carbons (Fsp3) is 0.143. The number of rotatable bonds is 2. The molecule has 1 N–H and O–H groups in total. The summed E-state index contributed by atoms with van der Waals surface area (Å²) in [4.78, 5) is 16.2. The molecule has 7 heteroatoms. The number of carbonyl (C=O) groups is 1. The van der Waals surface area contributed by atoms with Crippen molar-refractivity contribution in [3.05, 3.63) is 45.7 Å². The average molecular weight is 370 g/mol. The molecule has 0 aliphatic carbocycles. The summed E-state index contributed by atoms with van der Waals surface area (Å²) in [5.41, 5.74) is 1.02. The molecule has 108 valence electrons. The third-order valence-electron chi connectivity index (χ3n) is 2.86. The van der Waals surface area contributed by atoms with Crippen LogP contribution in [-0.4, -0.2) is 24.1 Å². The van der Waals surface area contributed by atoms with Crippen LogP contribution >= 0.6 is 27.5 Å². The van der Waals surface area contributed by atoms with Gasteiger partial charge in [-0.3, -0.25) is 4.79 Å². The van der Waals surface area contributed by atoms with Gasteiger partial charge in [0.25, 0.3) is 5.91 Å². The Morgan fingerprint density at radius 3 is 2.76 bits per heavy atom. The van der Waals surface area contributed by atoms with Gasteiger partial charge in [-0.15, -0.1) is 0 Å². The number of aromatic nitrogens is 1. The monoisotopic (exact) mass is 368 g/mol. The third-order valence-corrected chi connectivity index (χ3v) is 3.99. The van der Waals surface area contributed by atoms with Crippen LogP contribution in [0.25, 0.3) is 0 Å². The van der Waals surface area contributed by atoms with Crippen LogP contribution in [0.2, 0.25) is 5.15 Å². The van der Waals surface area contributed by atoms with Crippen molar-refractivity contribution in [1.82, 2.24) is 4.98 Å². The van der Waals surface area contributed by atoms with E-state index in [2.05, 4.69) is 26.2 Å². The largest absolute Gasteiger partial charge is 0.486 e. The van der Waals surface area contributed by atoms with Gasteiger partial charge in [-0.05, 0) is 40.2 Å². The van der Waals surface area contributed by atoms with Crippen molar-refractivity contribution in [1.29, 1.82) is 0 Å². The van der Waals surface area contributed by atoms with E-state index in [-0.39, 0.29) is 5.91 Å². The molecule has 0 spiro atoms. The van der Waals surface area contributed by atoms with Gasteiger partial charge in [-0.25, -0.2) is 4.98 Å². The Labute approximate surface area is 134 Å². The number of anilines is 1. The van der Waals surface area contributed by atoms with Crippen LogP contribution in [-0.2, 0) is 0 Å². The predicted molar refractivity (Wildman–Crippen MR) is 82.3 cm³/mol. The number of nitrogens with zero attached hydrogens (tertiary/aromatic N) is 1. The second kappa shape index (κ2) is 5.91. The smallest absolute Gasteiger partial charge is 0.255 e. The summed E-state index contributed by atoms with van der Waals surface area (Å²) in [7, 11) is 0. The lowest BCUT2D eigenvalue weighted by Gasteiger charge is -2.18. The van der Waals surface area contributed by atoms with E-state index in [0.717, 1.165) is 0 Å². The minimum Gasteiger partial charge on any atom is -0.486 e. The Morgan fingerprint density at radius 1 is 1.24 bits per heavy atom. The molecule has 3 rings (SSSR count). The first-order valence-corrected chi connectivity index (χ1v) is 7.32. The van der Waals surface area contributed by atoms with Gasteiger partial charge in [-0.1, -0.05) is 11.6 Å². The van der Waals surface area contributed by atoms with Gasteiger partial charge in [0.1, 0.15) is 18.4 Å². The van der Waals surface area contributed by atoms with Gasteiger partial charge in [0.2, 0.25) is 0 Å². The maximum atomic E-state index is 12.2. The number of nitrogens with one attached hydrogen (secondary N) is 1. The number of amides is 1. The Balaban J connectivity index is 1.80. The molecule has 21 heavy (non-hydrogen) atoms. The number of pyridine rings is 1. The molecule has 1 aliphatic rings. The van der Waals surface area contributed by atoms with E-state index in [4.69, 9.17) is 21.1 Å². The van der Waals surface area contributed by atoms with Crippen molar-refractivity contribution in [2.24, 2.45) is 0 Å². The van der Waals surface area contributed by atoms with Gasteiger partial charge in [0.05, 0.1) is 16.4 Å². The first-order valence-electron chi connectivity index (χ1n) is 6.15. The average Bonchev–Trinajstić information content (AvgIpc) is 2.50. The van der Waals surface area contributed by atoms with Gasteiger partial charge in [0.15, 0.2) is 11.5 Å². The van der Waals surface area contributed by atoms with Gasteiger partial charge < -0.3 is 14.8 Å². The fourth-order valence-corrected chi connectivity index (χ4v) is 2.33. The molecule has 2 aromatic rings. The van der Waals surface area contributed by atoms with Crippen LogP contribution in [0.5, 0.6) is 11.5 Å². The summed E-state index contributed by atoms with van der Waals surface area (Å²) >= 11 is 9.07. The van der Waals surface area contributed by atoms with Crippen molar-refractivity contribution in [2.45, 2.75) is 0 Å². The molecular weight excluding hydrogens is 360 g/mol. The summed E-state index contributed by atoms with van der Waals surface area (Å²) in [5, 5.41) is 3.09. The minimum atomic E-state index is -0.261. The van der Waals surface area contributed by atoms with E-state index < -0.39 is 0 Å². The second-order valence-corrected chi connectivity index (χ2v) is 5.52. The van der Waals surface area contributed by atoms with Crippen molar-refractivity contribution < 1.29 is 14.3 Å². The molecule has 0 saturated carbocycles. The zero-order chi connectivity index (χ0) is 14.8. The highest BCUT2D eigenvalue weighted by molar-refractivity contribution is 9.10. The highest BCUT2D eigenvalue weighted by Crippen LogP contribution is 2.31. The van der Waals surface area contributed by atoms with Crippen LogP contribution in [0.1, 0.15) is 10.4 Å². The number of fused-ring (bicyclic) bond motifs is 1. The Kier molecular flexibility index (Phi) is 3.98. The van der Waals surface area contributed by atoms with Crippen LogP contribution in [0.15, 0.2) is 34.9 Å². The molecule has 0 bridgehead atoms. The SMILES string of the molecule is O=C(Nc1cnc(Cl)c(Br)c1)c1ccc2c(c1)OCCO2. The van der Waals surface area contributed by atoms with E-state index in [9.17, 15) is 4.79 Å². The molecule has 0 fully saturated rings. The number of benzene rings is 1. The lowest BCUT2D eigenvalue weighted by Crippen LogP contribution is -2.17. The Hall–Kier alpha value is -1.79. The number of ether oxygens (including phenoxy) is 2. The number of hydrogen-bond acceptors (Lipinski definition) is 4. The van der Waals surface area contributed by atoms with Crippen molar-refractivity contribution in [2.75, 3.05) is 18.5 Å². The molecule has 1 aromatic heterocycles. The standard InChI is InChI=1S/C14H10BrClN2O3/c15-10-6-9(7-17-13(10)16)18-14(19)8-1-2-11-12(5-8)21-4-3-20-11/h1-2,5-7H,3-4H2,(H,18,19). The number of carbonyl (C=O) groups excluding carboxylic acids is 1. The van der Waals surface area contributed by atoms with Crippen molar-refractivity contribution >= 4 is 39.1 Å². The molecule has 1 aromatic carbocycles. The zero-order valence-corrected chi connectivity index (χ0v) is 13.1. The van der Waals surface area contributed by atoms with Crippen LogP contribution < -0.4 is 14.8 Å². The highest BCUT2D eigenvalue weighted by Gasteiger charge is 2.15. The van der Waals surface area contributed by atoms with Crippen LogP contribution in [0.4, 0.5) is 5.69 Å². The van der Waals surface area contributed by atoms with E-state index >= 15 is 0 Å². The van der Waals surface area contributed by atoms with E-state index in [1.54, 1.807) is 24.3 Å². The predicted octanol–water partition coefficient (Wildman–Crippen LogP) is 3.52. The summed E-state index contributed by atoms with van der Waals surface area (Å²) in [6.45, 7) is 0.995. The summed E-state index contributed by atoms with van der Waals surface area (Å²) < 4.78 is 11.5. The number of hydrogen-bond donors (Lipinski definition) is 1. The summed E-state index contributed by atoms with van der Waals surface area (Å²) in [5.74, 6) is 0.959. The maximum Gasteiger partial charge on any atom is 0.255 e.